The van der Waals surface area contributed by atoms with Crippen LogP contribution in [0.4, 0.5) is 0 Å². The summed E-state index contributed by atoms with van der Waals surface area (Å²) in [5.74, 6) is 1.77. The second kappa shape index (κ2) is 8.50. The summed E-state index contributed by atoms with van der Waals surface area (Å²) in [6.45, 7) is 9.90. The van der Waals surface area contributed by atoms with E-state index in [0.717, 1.165) is 37.6 Å². The first-order chi connectivity index (χ1) is 9.83. The number of rotatable bonds is 8. The van der Waals surface area contributed by atoms with Crippen molar-refractivity contribution in [2.75, 3.05) is 32.7 Å². The molecule has 4 heteroatoms. The van der Waals surface area contributed by atoms with Gasteiger partial charge in [0.05, 0.1) is 0 Å². The Balaban J connectivity index is 1.67. The van der Waals surface area contributed by atoms with Crippen molar-refractivity contribution in [2.45, 2.75) is 58.4 Å². The fraction of sp³-hybridized carbons (Fsp3) is 0.938. The molecule has 0 spiro atoms. The maximum atomic E-state index is 4.78. The van der Waals surface area contributed by atoms with Crippen LogP contribution in [-0.2, 0) is 0 Å². The molecular formula is C16H32N4. The molecule has 0 aromatic rings. The molecule has 0 aromatic carbocycles. The molecular weight excluding hydrogens is 248 g/mol. The van der Waals surface area contributed by atoms with Gasteiger partial charge in [-0.25, -0.2) is 0 Å². The van der Waals surface area contributed by atoms with E-state index >= 15 is 0 Å². The van der Waals surface area contributed by atoms with Crippen molar-refractivity contribution in [3.05, 3.63) is 0 Å². The van der Waals surface area contributed by atoms with Gasteiger partial charge in [-0.3, -0.25) is 4.99 Å². The molecule has 1 aliphatic carbocycles. The minimum absolute atomic E-state index is 0.765. The van der Waals surface area contributed by atoms with Crippen molar-refractivity contribution < 1.29 is 0 Å². The van der Waals surface area contributed by atoms with Crippen LogP contribution in [-0.4, -0.2) is 49.6 Å². The van der Waals surface area contributed by atoms with Crippen LogP contribution in [0, 0.1) is 5.92 Å². The molecule has 20 heavy (non-hydrogen) atoms. The molecule has 116 valence electrons. The number of aliphatic imine (C=N–C) groups is 1. The lowest BCUT2D eigenvalue weighted by Crippen LogP contribution is -2.38. The highest BCUT2D eigenvalue weighted by Gasteiger charge is 2.34. The topological polar surface area (TPSA) is 39.7 Å². The van der Waals surface area contributed by atoms with E-state index in [4.69, 9.17) is 4.99 Å². The summed E-state index contributed by atoms with van der Waals surface area (Å²) in [6.07, 6.45) is 7.99. The van der Waals surface area contributed by atoms with E-state index in [9.17, 15) is 0 Å². The summed E-state index contributed by atoms with van der Waals surface area (Å²) < 4.78 is 0. The van der Waals surface area contributed by atoms with Crippen LogP contribution in [0.3, 0.4) is 0 Å². The lowest BCUT2D eigenvalue weighted by molar-refractivity contribution is 0.315. The molecule has 1 atom stereocenters. The zero-order valence-electron chi connectivity index (χ0n) is 13.3. The SMILES string of the molecule is CCCCCNC(=NCC1CCN(C2CC2)C1)NCC. The Hall–Kier alpha value is -0.770. The second-order valence-electron chi connectivity index (χ2n) is 6.23. The first-order valence-corrected chi connectivity index (χ1v) is 8.59. The van der Waals surface area contributed by atoms with Gasteiger partial charge in [0.15, 0.2) is 5.96 Å². The molecule has 2 rings (SSSR count). The van der Waals surface area contributed by atoms with E-state index in [1.807, 2.05) is 0 Å². The molecule has 0 aromatic heterocycles. The minimum Gasteiger partial charge on any atom is -0.357 e. The van der Waals surface area contributed by atoms with Crippen LogP contribution >= 0.6 is 0 Å². The summed E-state index contributed by atoms with van der Waals surface area (Å²) in [7, 11) is 0. The van der Waals surface area contributed by atoms with Gasteiger partial charge < -0.3 is 15.5 Å². The van der Waals surface area contributed by atoms with E-state index < -0.39 is 0 Å². The third kappa shape index (κ3) is 5.31. The summed E-state index contributed by atoms with van der Waals surface area (Å²) in [5, 5.41) is 6.81. The van der Waals surface area contributed by atoms with Gasteiger partial charge in [-0.1, -0.05) is 19.8 Å². The van der Waals surface area contributed by atoms with Gasteiger partial charge in [0.1, 0.15) is 0 Å². The second-order valence-corrected chi connectivity index (χ2v) is 6.23. The molecule has 0 bridgehead atoms. The minimum atomic E-state index is 0.765. The van der Waals surface area contributed by atoms with Crippen molar-refractivity contribution in [3.8, 4) is 0 Å². The van der Waals surface area contributed by atoms with Gasteiger partial charge in [-0.05, 0) is 45.1 Å². The van der Waals surface area contributed by atoms with Crippen molar-refractivity contribution in [1.82, 2.24) is 15.5 Å². The molecule has 1 aliphatic heterocycles. The maximum Gasteiger partial charge on any atom is 0.191 e. The highest BCUT2D eigenvalue weighted by molar-refractivity contribution is 5.79. The number of unbranched alkanes of at least 4 members (excludes halogenated alkanes) is 2. The number of guanidine groups is 1. The molecule has 1 saturated heterocycles. The molecule has 2 N–H and O–H groups in total. The zero-order chi connectivity index (χ0) is 14.2. The number of nitrogens with zero attached hydrogens (tertiary/aromatic N) is 2. The Kier molecular flexibility index (Phi) is 6.64. The lowest BCUT2D eigenvalue weighted by Gasteiger charge is -2.15. The Bertz CT molecular complexity index is 299. The van der Waals surface area contributed by atoms with Crippen LogP contribution in [0.1, 0.15) is 52.4 Å². The normalized spacial score (nSPS) is 24.1. The van der Waals surface area contributed by atoms with E-state index in [1.165, 1.54) is 51.6 Å². The predicted octanol–water partition coefficient (Wildman–Crippen LogP) is 2.22. The highest BCUT2D eigenvalue weighted by Crippen LogP contribution is 2.31. The fourth-order valence-corrected chi connectivity index (χ4v) is 2.93. The Morgan fingerprint density at radius 1 is 1.15 bits per heavy atom. The first kappa shape index (κ1) is 15.6. The third-order valence-electron chi connectivity index (χ3n) is 4.31. The van der Waals surface area contributed by atoms with Crippen molar-refractivity contribution >= 4 is 5.96 Å². The first-order valence-electron chi connectivity index (χ1n) is 8.59. The maximum absolute atomic E-state index is 4.78. The van der Waals surface area contributed by atoms with E-state index in [0.29, 0.717) is 0 Å². The molecule has 1 saturated carbocycles. The highest BCUT2D eigenvalue weighted by atomic mass is 15.2. The van der Waals surface area contributed by atoms with Crippen molar-refractivity contribution in [2.24, 2.45) is 10.9 Å². The lowest BCUT2D eigenvalue weighted by atomic mass is 10.1. The Labute approximate surface area is 124 Å². The average molecular weight is 280 g/mol. The Morgan fingerprint density at radius 3 is 2.70 bits per heavy atom. The van der Waals surface area contributed by atoms with Crippen molar-refractivity contribution in [1.29, 1.82) is 0 Å². The van der Waals surface area contributed by atoms with E-state index in [2.05, 4.69) is 29.4 Å². The van der Waals surface area contributed by atoms with Crippen LogP contribution in [0.15, 0.2) is 4.99 Å². The quantitative estimate of drug-likeness (QED) is 0.407. The smallest absolute Gasteiger partial charge is 0.191 e. The molecule has 1 unspecified atom stereocenters. The summed E-state index contributed by atoms with van der Waals surface area (Å²) >= 11 is 0. The Morgan fingerprint density at radius 2 is 2.00 bits per heavy atom. The third-order valence-corrected chi connectivity index (χ3v) is 4.31. The molecule has 0 amide bonds. The summed E-state index contributed by atoms with van der Waals surface area (Å²) in [6, 6.07) is 0.921. The van der Waals surface area contributed by atoms with Crippen LogP contribution in [0.2, 0.25) is 0 Å². The molecule has 0 radical (unpaired) electrons. The fourth-order valence-electron chi connectivity index (χ4n) is 2.93. The van der Waals surface area contributed by atoms with Crippen LogP contribution < -0.4 is 10.6 Å². The van der Waals surface area contributed by atoms with E-state index in [1.54, 1.807) is 0 Å². The van der Waals surface area contributed by atoms with Crippen LogP contribution in [0.5, 0.6) is 0 Å². The summed E-state index contributed by atoms with van der Waals surface area (Å²) in [5.41, 5.74) is 0. The average Bonchev–Trinajstić information content (AvgIpc) is 3.20. The van der Waals surface area contributed by atoms with Gasteiger partial charge in [-0.2, -0.15) is 0 Å². The number of hydrogen-bond donors (Lipinski definition) is 2. The molecule has 4 nitrogen and oxygen atoms in total. The number of likely N-dealkylation sites (tertiary alicyclic amines) is 1. The zero-order valence-corrected chi connectivity index (χ0v) is 13.3. The largest absolute Gasteiger partial charge is 0.357 e. The number of nitrogens with one attached hydrogen (secondary N) is 2. The standard InChI is InChI=1S/C16H32N4/c1-3-5-6-10-18-16(17-4-2)19-12-14-9-11-20(13-14)15-7-8-15/h14-15H,3-13H2,1-2H3,(H2,17,18,19). The monoisotopic (exact) mass is 280 g/mol. The predicted molar refractivity (Wildman–Crippen MR) is 86.2 cm³/mol. The molecule has 2 aliphatic rings. The molecule has 1 heterocycles. The number of hydrogen-bond acceptors (Lipinski definition) is 2. The van der Waals surface area contributed by atoms with Gasteiger partial charge in [0, 0.05) is 32.2 Å². The summed E-state index contributed by atoms with van der Waals surface area (Å²) in [4.78, 5) is 7.44. The van der Waals surface area contributed by atoms with Gasteiger partial charge >= 0.3 is 0 Å². The van der Waals surface area contributed by atoms with Gasteiger partial charge in [0.25, 0.3) is 0 Å². The molecule has 2 fully saturated rings. The van der Waals surface area contributed by atoms with Gasteiger partial charge in [0.2, 0.25) is 0 Å². The van der Waals surface area contributed by atoms with Crippen LogP contribution in [0.25, 0.3) is 0 Å². The van der Waals surface area contributed by atoms with Crippen molar-refractivity contribution in [3.63, 3.8) is 0 Å². The van der Waals surface area contributed by atoms with E-state index in [-0.39, 0.29) is 0 Å². The van der Waals surface area contributed by atoms with Gasteiger partial charge in [-0.15, -0.1) is 0 Å².